The Bertz CT molecular complexity index is 516. The summed E-state index contributed by atoms with van der Waals surface area (Å²) in [4.78, 5) is 11.7. The third kappa shape index (κ3) is 2.06. The van der Waals surface area contributed by atoms with E-state index in [0.717, 1.165) is 24.1 Å². The smallest absolute Gasteiger partial charge is 0.228 e. The zero-order valence-corrected chi connectivity index (χ0v) is 11.6. The molecule has 1 fully saturated rings. The number of fused-ring (bicyclic) bond motifs is 1. The monoisotopic (exact) mass is 258 g/mol. The number of amides is 1. The fourth-order valence-corrected chi connectivity index (χ4v) is 3.74. The van der Waals surface area contributed by atoms with Gasteiger partial charge < -0.3 is 11.1 Å². The molecular formula is C16H22N2O. The summed E-state index contributed by atoms with van der Waals surface area (Å²) in [5.74, 6) is 0.116. The molecular weight excluding hydrogens is 236 g/mol. The summed E-state index contributed by atoms with van der Waals surface area (Å²) in [5.41, 5.74) is 10.9. The Kier molecular flexibility index (Phi) is 3.09. The first-order chi connectivity index (χ1) is 9.14. The van der Waals surface area contributed by atoms with Gasteiger partial charge in [0.05, 0.1) is 6.42 Å². The molecule has 0 unspecified atom stereocenters. The Morgan fingerprint density at radius 2 is 2.00 bits per heavy atom. The zero-order chi connectivity index (χ0) is 13.5. The van der Waals surface area contributed by atoms with E-state index in [1.54, 1.807) is 0 Å². The molecule has 19 heavy (non-hydrogen) atoms. The van der Waals surface area contributed by atoms with E-state index in [0.29, 0.717) is 13.0 Å². The van der Waals surface area contributed by atoms with Crippen LogP contribution < -0.4 is 11.1 Å². The molecule has 0 radical (unpaired) electrons. The van der Waals surface area contributed by atoms with Crippen molar-refractivity contribution in [1.82, 2.24) is 0 Å². The molecule has 3 rings (SSSR count). The fraction of sp³-hybridized carbons (Fsp3) is 0.562. The van der Waals surface area contributed by atoms with Crippen molar-refractivity contribution in [3.8, 4) is 0 Å². The van der Waals surface area contributed by atoms with Gasteiger partial charge in [-0.1, -0.05) is 37.0 Å². The van der Waals surface area contributed by atoms with Crippen LogP contribution in [0.5, 0.6) is 0 Å². The van der Waals surface area contributed by atoms with Gasteiger partial charge in [0, 0.05) is 17.6 Å². The summed E-state index contributed by atoms with van der Waals surface area (Å²) in [5, 5.41) is 3.06. The number of benzene rings is 1. The normalized spacial score (nSPS) is 21.1. The molecule has 2 aliphatic rings. The van der Waals surface area contributed by atoms with Gasteiger partial charge >= 0.3 is 0 Å². The second-order valence-electron chi connectivity index (χ2n) is 6.12. The summed E-state index contributed by atoms with van der Waals surface area (Å²) < 4.78 is 0. The molecule has 1 aliphatic carbocycles. The van der Waals surface area contributed by atoms with E-state index in [9.17, 15) is 4.79 Å². The van der Waals surface area contributed by atoms with E-state index in [1.807, 2.05) is 0 Å². The molecule has 1 amide bonds. The lowest BCUT2D eigenvalue weighted by molar-refractivity contribution is -0.115. The van der Waals surface area contributed by atoms with E-state index < -0.39 is 0 Å². The molecule has 1 aromatic rings. The molecule has 0 aromatic heterocycles. The lowest BCUT2D eigenvalue weighted by atomic mass is 9.68. The summed E-state index contributed by atoms with van der Waals surface area (Å²) in [6.07, 6.45) is 6.61. The van der Waals surface area contributed by atoms with Crippen LogP contribution in [0.2, 0.25) is 0 Å². The average Bonchev–Trinajstić information content (AvgIpc) is 2.78. The van der Waals surface area contributed by atoms with Crippen molar-refractivity contribution in [2.75, 3.05) is 11.9 Å². The number of nitrogens with one attached hydrogen (secondary N) is 1. The highest BCUT2D eigenvalue weighted by Crippen LogP contribution is 2.44. The van der Waals surface area contributed by atoms with Crippen LogP contribution in [-0.2, 0) is 16.6 Å². The highest BCUT2D eigenvalue weighted by atomic mass is 16.1. The minimum absolute atomic E-state index is 0.0754. The van der Waals surface area contributed by atoms with Crippen LogP contribution in [0.4, 0.5) is 5.69 Å². The van der Waals surface area contributed by atoms with Crippen molar-refractivity contribution in [2.45, 2.75) is 50.9 Å². The number of carbonyl (C=O) groups excluding carboxylic acids is 1. The van der Waals surface area contributed by atoms with E-state index >= 15 is 0 Å². The Labute approximate surface area is 114 Å². The molecule has 102 valence electrons. The minimum atomic E-state index is 0.0754. The first-order valence-corrected chi connectivity index (χ1v) is 7.28. The predicted octanol–water partition coefficient (Wildman–Crippen LogP) is 2.65. The van der Waals surface area contributed by atoms with E-state index in [4.69, 9.17) is 5.73 Å². The maximum atomic E-state index is 11.7. The van der Waals surface area contributed by atoms with Crippen LogP contribution in [0.15, 0.2) is 12.1 Å². The molecule has 0 bridgehead atoms. The zero-order valence-electron chi connectivity index (χ0n) is 11.6. The molecule has 1 aromatic carbocycles. The lowest BCUT2D eigenvalue weighted by Gasteiger charge is -2.38. The van der Waals surface area contributed by atoms with Gasteiger partial charge in [0.2, 0.25) is 5.91 Å². The number of carbonyl (C=O) groups is 1. The molecule has 1 heterocycles. The van der Waals surface area contributed by atoms with Gasteiger partial charge in [-0.3, -0.25) is 4.79 Å². The van der Waals surface area contributed by atoms with Gasteiger partial charge in [0.25, 0.3) is 0 Å². The summed E-state index contributed by atoms with van der Waals surface area (Å²) in [6, 6.07) is 4.37. The van der Waals surface area contributed by atoms with Crippen molar-refractivity contribution >= 4 is 11.6 Å². The topological polar surface area (TPSA) is 55.1 Å². The molecule has 3 N–H and O–H groups in total. The Morgan fingerprint density at radius 1 is 1.26 bits per heavy atom. The van der Waals surface area contributed by atoms with Gasteiger partial charge in [0.1, 0.15) is 0 Å². The number of nitrogens with two attached hydrogens (primary N) is 1. The van der Waals surface area contributed by atoms with E-state index in [2.05, 4.69) is 24.4 Å². The molecule has 0 spiro atoms. The number of anilines is 1. The van der Waals surface area contributed by atoms with Gasteiger partial charge in [-0.15, -0.1) is 0 Å². The van der Waals surface area contributed by atoms with Crippen molar-refractivity contribution in [1.29, 1.82) is 0 Å². The SMILES string of the molecule is Cc1cc2c(c(C3(CN)CCCCC3)c1)NC(=O)C2. The van der Waals surface area contributed by atoms with Crippen molar-refractivity contribution in [3.05, 3.63) is 28.8 Å². The predicted molar refractivity (Wildman–Crippen MR) is 77.3 cm³/mol. The largest absolute Gasteiger partial charge is 0.330 e. The van der Waals surface area contributed by atoms with Crippen LogP contribution in [-0.4, -0.2) is 12.5 Å². The quantitative estimate of drug-likeness (QED) is 0.857. The lowest BCUT2D eigenvalue weighted by Crippen LogP contribution is -2.37. The molecule has 0 atom stereocenters. The van der Waals surface area contributed by atoms with Crippen LogP contribution >= 0.6 is 0 Å². The minimum Gasteiger partial charge on any atom is -0.330 e. The van der Waals surface area contributed by atoms with Crippen LogP contribution in [0.1, 0.15) is 48.8 Å². The average molecular weight is 258 g/mol. The second-order valence-corrected chi connectivity index (χ2v) is 6.12. The van der Waals surface area contributed by atoms with Crippen molar-refractivity contribution in [2.24, 2.45) is 5.73 Å². The van der Waals surface area contributed by atoms with Crippen molar-refractivity contribution < 1.29 is 4.79 Å². The van der Waals surface area contributed by atoms with Crippen molar-refractivity contribution in [3.63, 3.8) is 0 Å². The maximum Gasteiger partial charge on any atom is 0.228 e. The standard InChI is InChI=1S/C16H22N2O/c1-11-7-12-9-14(19)18-15(12)13(8-11)16(10-17)5-3-2-4-6-16/h7-8H,2-6,9-10,17H2,1H3,(H,18,19). The summed E-state index contributed by atoms with van der Waals surface area (Å²) in [6.45, 7) is 2.79. The maximum absolute atomic E-state index is 11.7. The molecule has 3 heteroatoms. The van der Waals surface area contributed by atoms with Gasteiger partial charge in [-0.05, 0) is 30.9 Å². The van der Waals surface area contributed by atoms with E-state index in [-0.39, 0.29) is 11.3 Å². The first kappa shape index (κ1) is 12.7. The third-order valence-corrected chi connectivity index (χ3v) is 4.75. The Balaban J connectivity index is 2.11. The van der Waals surface area contributed by atoms with E-state index in [1.165, 1.54) is 30.4 Å². The van der Waals surface area contributed by atoms with Crippen LogP contribution in [0, 0.1) is 6.92 Å². The molecule has 3 nitrogen and oxygen atoms in total. The number of hydrogen-bond donors (Lipinski definition) is 2. The third-order valence-electron chi connectivity index (χ3n) is 4.75. The van der Waals surface area contributed by atoms with Crippen LogP contribution in [0.3, 0.4) is 0 Å². The Morgan fingerprint density at radius 3 is 2.68 bits per heavy atom. The fourth-order valence-electron chi connectivity index (χ4n) is 3.74. The number of aryl methyl sites for hydroxylation is 1. The summed E-state index contributed by atoms with van der Waals surface area (Å²) in [7, 11) is 0. The summed E-state index contributed by atoms with van der Waals surface area (Å²) >= 11 is 0. The highest BCUT2D eigenvalue weighted by molar-refractivity contribution is 6.00. The second kappa shape index (κ2) is 4.64. The molecule has 1 saturated carbocycles. The molecule has 1 aliphatic heterocycles. The van der Waals surface area contributed by atoms with Gasteiger partial charge in [-0.25, -0.2) is 0 Å². The van der Waals surface area contributed by atoms with Gasteiger partial charge in [0.15, 0.2) is 0 Å². The number of rotatable bonds is 2. The van der Waals surface area contributed by atoms with Crippen LogP contribution in [0.25, 0.3) is 0 Å². The molecule has 0 saturated heterocycles. The van der Waals surface area contributed by atoms with Gasteiger partial charge in [-0.2, -0.15) is 0 Å². The first-order valence-electron chi connectivity index (χ1n) is 7.28. The number of hydrogen-bond acceptors (Lipinski definition) is 2. The highest BCUT2D eigenvalue weighted by Gasteiger charge is 2.37. The Hall–Kier alpha value is -1.35.